The molecule has 1 spiro atoms. The molecule has 2 heterocycles. The second kappa shape index (κ2) is 7.19. The van der Waals surface area contributed by atoms with Gasteiger partial charge in [0.25, 0.3) is 5.91 Å². The van der Waals surface area contributed by atoms with E-state index in [-0.39, 0.29) is 11.7 Å². The van der Waals surface area contributed by atoms with Crippen molar-refractivity contribution in [3.8, 4) is 0 Å². The third-order valence-corrected chi connectivity index (χ3v) is 6.19. The highest BCUT2D eigenvalue weighted by Gasteiger charge is 2.42. The Bertz CT molecular complexity index is 563. The summed E-state index contributed by atoms with van der Waals surface area (Å²) in [5.41, 5.74) is 2.53. The summed E-state index contributed by atoms with van der Waals surface area (Å²) in [5.74, 6) is 0.372. The summed E-state index contributed by atoms with van der Waals surface area (Å²) in [6.45, 7) is 7.36. The van der Waals surface area contributed by atoms with Crippen molar-refractivity contribution in [1.82, 2.24) is 15.1 Å². The van der Waals surface area contributed by atoms with Crippen molar-refractivity contribution >= 4 is 15.9 Å². The van der Waals surface area contributed by atoms with E-state index in [1.807, 2.05) is 20.8 Å². The quantitative estimate of drug-likeness (QED) is 0.742. The Balaban J connectivity index is 1.95. The van der Waals surface area contributed by atoms with E-state index in [0.717, 1.165) is 0 Å². The van der Waals surface area contributed by atoms with E-state index < -0.39 is 15.6 Å². The number of rotatable bonds is 6. The van der Waals surface area contributed by atoms with Gasteiger partial charge in [-0.05, 0) is 31.3 Å². The van der Waals surface area contributed by atoms with Gasteiger partial charge in [-0.1, -0.05) is 20.8 Å². The van der Waals surface area contributed by atoms with Crippen molar-refractivity contribution in [2.24, 2.45) is 5.92 Å². The fourth-order valence-electron chi connectivity index (χ4n) is 2.76. The number of piperidine rings is 1. The van der Waals surface area contributed by atoms with E-state index in [2.05, 4.69) is 10.8 Å². The van der Waals surface area contributed by atoms with Gasteiger partial charge in [0.1, 0.15) is 11.3 Å². The summed E-state index contributed by atoms with van der Waals surface area (Å²) in [5, 5.41) is 2.84. The molecule has 0 saturated carbocycles. The topological polar surface area (TPSA) is 87.7 Å². The molecule has 0 bridgehead atoms. The Labute approximate surface area is 138 Å². The lowest BCUT2D eigenvalue weighted by molar-refractivity contribution is -0.120. The third kappa shape index (κ3) is 4.45. The molecular weight excluding hydrogens is 318 g/mol. The predicted molar refractivity (Wildman–Crippen MR) is 87.8 cm³/mol. The lowest BCUT2D eigenvalue weighted by atomic mass is 9.92. The Morgan fingerprint density at radius 3 is 2.65 bits per heavy atom. The number of nitrogens with zero attached hydrogens (tertiary/aromatic N) is 1. The van der Waals surface area contributed by atoms with Crippen molar-refractivity contribution in [2.45, 2.75) is 45.6 Å². The van der Waals surface area contributed by atoms with Crippen molar-refractivity contribution in [3.63, 3.8) is 0 Å². The maximum Gasteiger partial charge on any atom is 0.269 e. The Morgan fingerprint density at radius 1 is 1.43 bits per heavy atom. The van der Waals surface area contributed by atoms with Crippen LogP contribution in [-0.2, 0) is 19.7 Å². The van der Waals surface area contributed by atoms with Crippen LogP contribution in [0, 0.1) is 5.92 Å². The number of hydroxylamine groups is 1. The van der Waals surface area contributed by atoms with Gasteiger partial charge in [0, 0.05) is 19.6 Å². The van der Waals surface area contributed by atoms with Crippen molar-refractivity contribution < 1.29 is 18.0 Å². The molecule has 2 rings (SSSR count). The molecule has 1 amide bonds. The van der Waals surface area contributed by atoms with Gasteiger partial charge in [-0.2, -0.15) is 0 Å². The predicted octanol–water partition coefficient (Wildman–Crippen LogP) is 0.752. The summed E-state index contributed by atoms with van der Waals surface area (Å²) < 4.78 is 25.7. The van der Waals surface area contributed by atoms with E-state index in [4.69, 9.17) is 4.84 Å². The summed E-state index contributed by atoms with van der Waals surface area (Å²) >= 11 is 0. The first-order valence-electron chi connectivity index (χ1n) is 8.21. The SMILES string of the molecule is CCCS(=O)(=O)N1CCC2(C=C(C(=O)NCC(C)C)NO2)CC1. The summed E-state index contributed by atoms with van der Waals surface area (Å²) in [4.78, 5) is 17.7. The van der Waals surface area contributed by atoms with Crippen LogP contribution >= 0.6 is 0 Å². The van der Waals surface area contributed by atoms with Crippen LogP contribution in [0.5, 0.6) is 0 Å². The molecule has 0 unspecified atom stereocenters. The second-order valence-electron chi connectivity index (χ2n) is 6.65. The zero-order valence-electron chi connectivity index (χ0n) is 14.1. The van der Waals surface area contributed by atoms with Gasteiger partial charge in [-0.25, -0.2) is 12.7 Å². The van der Waals surface area contributed by atoms with Gasteiger partial charge in [-0.3, -0.25) is 15.1 Å². The van der Waals surface area contributed by atoms with Crippen molar-refractivity contribution in [2.75, 3.05) is 25.4 Å². The summed E-state index contributed by atoms with van der Waals surface area (Å²) in [7, 11) is -3.17. The number of carbonyl (C=O) groups excluding carboxylic acids is 1. The molecule has 0 atom stereocenters. The van der Waals surface area contributed by atoms with Crippen LogP contribution in [0.25, 0.3) is 0 Å². The fourth-order valence-corrected chi connectivity index (χ4v) is 4.27. The van der Waals surface area contributed by atoms with Gasteiger partial charge in [0.2, 0.25) is 10.0 Å². The minimum atomic E-state index is -3.17. The van der Waals surface area contributed by atoms with E-state index in [9.17, 15) is 13.2 Å². The van der Waals surface area contributed by atoms with E-state index in [0.29, 0.717) is 50.5 Å². The monoisotopic (exact) mass is 345 g/mol. The minimum absolute atomic E-state index is 0.178. The first kappa shape index (κ1) is 18.2. The second-order valence-corrected chi connectivity index (χ2v) is 8.73. The molecule has 23 heavy (non-hydrogen) atoms. The molecule has 7 nitrogen and oxygen atoms in total. The van der Waals surface area contributed by atoms with Gasteiger partial charge in [-0.15, -0.1) is 0 Å². The van der Waals surface area contributed by atoms with E-state index in [1.165, 1.54) is 4.31 Å². The average molecular weight is 345 g/mol. The Kier molecular flexibility index (Phi) is 5.70. The normalized spacial score (nSPS) is 21.3. The van der Waals surface area contributed by atoms with Crippen molar-refractivity contribution in [1.29, 1.82) is 0 Å². The first-order valence-corrected chi connectivity index (χ1v) is 9.82. The smallest absolute Gasteiger partial charge is 0.269 e. The first-order chi connectivity index (χ1) is 10.8. The van der Waals surface area contributed by atoms with Gasteiger partial charge in [0.15, 0.2) is 0 Å². The molecule has 2 aliphatic heterocycles. The van der Waals surface area contributed by atoms with Crippen LogP contribution in [-0.4, -0.2) is 49.6 Å². The molecule has 1 fully saturated rings. The van der Waals surface area contributed by atoms with Crippen LogP contribution in [0.2, 0.25) is 0 Å². The number of hydrogen-bond donors (Lipinski definition) is 2. The van der Waals surface area contributed by atoms with Gasteiger partial charge in [0.05, 0.1) is 5.75 Å². The van der Waals surface area contributed by atoms with Crippen LogP contribution in [0.1, 0.15) is 40.0 Å². The molecule has 0 aromatic carbocycles. The van der Waals surface area contributed by atoms with Crippen LogP contribution < -0.4 is 10.8 Å². The molecule has 0 aliphatic carbocycles. The molecule has 132 valence electrons. The molecular formula is C15H27N3O4S. The molecule has 2 N–H and O–H groups in total. The zero-order chi connectivity index (χ0) is 17.1. The Hall–Kier alpha value is -1.12. The number of carbonyl (C=O) groups is 1. The highest BCUT2D eigenvalue weighted by atomic mass is 32.2. The average Bonchev–Trinajstić information content (AvgIpc) is 2.89. The maximum atomic E-state index is 12.1. The van der Waals surface area contributed by atoms with Gasteiger partial charge >= 0.3 is 0 Å². The molecule has 8 heteroatoms. The largest absolute Gasteiger partial charge is 0.350 e. The third-order valence-electron chi connectivity index (χ3n) is 4.11. The number of nitrogens with one attached hydrogen (secondary N) is 2. The number of sulfonamides is 1. The van der Waals surface area contributed by atoms with Crippen LogP contribution in [0.15, 0.2) is 11.8 Å². The Morgan fingerprint density at radius 2 is 2.09 bits per heavy atom. The standard InChI is InChI=1S/C15H27N3O4S/c1-4-9-23(20,21)18-7-5-15(6-8-18)10-13(17-22-15)14(19)16-11-12(2)3/h10,12,17H,4-9,11H2,1-3H3,(H,16,19). The molecule has 0 aromatic heterocycles. The molecule has 1 saturated heterocycles. The van der Waals surface area contributed by atoms with Gasteiger partial charge < -0.3 is 5.32 Å². The number of hydrogen-bond acceptors (Lipinski definition) is 5. The molecule has 0 radical (unpaired) electrons. The summed E-state index contributed by atoms with van der Waals surface area (Å²) in [6.07, 6.45) is 3.50. The summed E-state index contributed by atoms with van der Waals surface area (Å²) in [6, 6.07) is 0. The maximum absolute atomic E-state index is 12.1. The van der Waals surface area contributed by atoms with E-state index in [1.54, 1.807) is 6.08 Å². The molecule has 2 aliphatic rings. The highest BCUT2D eigenvalue weighted by molar-refractivity contribution is 7.89. The molecule has 0 aromatic rings. The zero-order valence-corrected chi connectivity index (χ0v) is 14.9. The van der Waals surface area contributed by atoms with Crippen molar-refractivity contribution in [3.05, 3.63) is 11.8 Å². The minimum Gasteiger partial charge on any atom is -0.350 e. The van der Waals surface area contributed by atoms with Crippen LogP contribution in [0.4, 0.5) is 0 Å². The fraction of sp³-hybridized carbons (Fsp3) is 0.800. The van der Waals surface area contributed by atoms with Crippen LogP contribution in [0.3, 0.4) is 0 Å². The van der Waals surface area contributed by atoms with E-state index >= 15 is 0 Å². The highest BCUT2D eigenvalue weighted by Crippen LogP contribution is 2.32. The number of amides is 1. The lowest BCUT2D eigenvalue weighted by Crippen LogP contribution is -2.47. The lowest BCUT2D eigenvalue weighted by Gasteiger charge is -2.35.